The van der Waals surface area contributed by atoms with E-state index in [9.17, 15) is 4.79 Å². The van der Waals surface area contributed by atoms with Crippen molar-refractivity contribution in [2.45, 2.75) is 25.8 Å². The van der Waals surface area contributed by atoms with Gasteiger partial charge in [-0.3, -0.25) is 9.48 Å². The molecule has 1 amide bonds. The Morgan fingerprint density at radius 1 is 1.03 bits per heavy atom. The van der Waals surface area contributed by atoms with Crippen LogP contribution in [0.25, 0.3) is 22.2 Å². The highest BCUT2D eigenvalue weighted by atomic mass is 35.5. The number of rotatable bonds is 7. The fourth-order valence-corrected chi connectivity index (χ4v) is 3.89. The molecule has 152 valence electrons. The van der Waals surface area contributed by atoms with Gasteiger partial charge in [0.05, 0.1) is 5.52 Å². The predicted molar refractivity (Wildman–Crippen MR) is 123 cm³/mol. The van der Waals surface area contributed by atoms with Crippen molar-refractivity contribution in [1.82, 2.24) is 15.1 Å². The highest BCUT2D eigenvalue weighted by Gasteiger charge is 2.23. The summed E-state index contributed by atoms with van der Waals surface area (Å²) >= 11 is 6.27. The quantitative estimate of drug-likeness (QED) is 0.421. The minimum absolute atomic E-state index is 0.0209. The van der Waals surface area contributed by atoms with Gasteiger partial charge in [0.1, 0.15) is 11.7 Å². The Balaban J connectivity index is 1.62. The second-order valence-electron chi connectivity index (χ2n) is 7.27. The number of hydrogen-bond acceptors (Lipinski definition) is 2. The molecule has 0 radical (unpaired) electrons. The van der Waals surface area contributed by atoms with Crippen molar-refractivity contribution in [3.8, 4) is 11.3 Å². The monoisotopic (exact) mass is 417 g/mol. The van der Waals surface area contributed by atoms with Gasteiger partial charge in [0.25, 0.3) is 0 Å². The lowest BCUT2D eigenvalue weighted by Crippen LogP contribution is -2.34. The van der Waals surface area contributed by atoms with E-state index in [-0.39, 0.29) is 11.9 Å². The van der Waals surface area contributed by atoms with E-state index in [1.165, 1.54) is 5.56 Å². The number of amides is 1. The van der Waals surface area contributed by atoms with E-state index in [1.807, 2.05) is 78.3 Å². The maximum Gasteiger partial charge on any atom is 0.244 e. The van der Waals surface area contributed by atoms with Gasteiger partial charge in [-0.05, 0) is 36.6 Å². The summed E-state index contributed by atoms with van der Waals surface area (Å²) in [7, 11) is 0. The highest BCUT2D eigenvalue weighted by Crippen LogP contribution is 2.32. The van der Waals surface area contributed by atoms with Crippen LogP contribution in [0.2, 0.25) is 5.02 Å². The van der Waals surface area contributed by atoms with Crippen LogP contribution in [-0.4, -0.2) is 22.2 Å². The van der Waals surface area contributed by atoms with Crippen molar-refractivity contribution in [2.75, 3.05) is 6.54 Å². The average Bonchev–Trinajstić information content (AvgIpc) is 3.14. The van der Waals surface area contributed by atoms with Crippen molar-refractivity contribution in [3.05, 3.63) is 89.4 Å². The van der Waals surface area contributed by atoms with E-state index < -0.39 is 0 Å². The minimum Gasteiger partial charge on any atom is -0.354 e. The molecule has 0 aliphatic rings. The first-order valence-electron chi connectivity index (χ1n) is 10.2. The second kappa shape index (κ2) is 9.14. The number of fused-ring (bicyclic) bond motifs is 1. The maximum absolute atomic E-state index is 13.0. The van der Waals surface area contributed by atoms with Crippen molar-refractivity contribution in [1.29, 1.82) is 0 Å². The molecule has 0 aliphatic heterocycles. The van der Waals surface area contributed by atoms with Crippen LogP contribution in [0.15, 0.2) is 78.9 Å². The van der Waals surface area contributed by atoms with Crippen molar-refractivity contribution in [3.63, 3.8) is 0 Å². The molecule has 4 nitrogen and oxygen atoms in total. The molecule has 0 unspecified atom stereocenters. The standard InChI is InChI=1S/C25H24ClN3O/c1-2-22(25(30)27-16-15-18-9-5-3-6-10-18)29-23-14-13-20(26)17-21(23)24(28-29)19-11-7-4-8-12-19/h3-14,17,22H,2,15-16H2,1H3,(H,27,30)/t22-/m1/s1. The number of carbonyl (C=O) groups excluding carboxylic acids is 1. The molecule has 5 heteroatoms. The molecule has 0 bridgehead atoms. The largest absolute Gasteiger partial charge is 0.354 e. The first-order valence-corrected chi connectivity index (χ1v) is 10.6. The van der Waals surface area contributed by atoms with Crippen molar-refractivity contribution in [2.24, 2.45) is 0 Å². The third-order valence-electron chi connectivity index (χ3n) is 5.26. The van der Waals surface area contributed by atoms with Crippen LogP contribution in [0.5, 0.6) is 0 Å². The summed E-state index contributed by atoms with van der Waals surface area (Å²) in [6.45, 7) is 2.60. The minimum atomic E-state index is -0.387. The van der Waals surface area contributed by atoms with E-state index in [0.717, 1.165) is 28.6 Å². The zero-order valence-electron chi connectivity index (χ0n) is 16.9. The Morgan fingerprint density at radius 3 is 2.43 bits per heavy atom. The summed E-state index contributed by atoms with van der Waals surface area (Å²) in [6.07, 6.45) is 1.44. The summed E-state index contributed by atoms with van der Waals surface area (Å²) in [5.41, 5.74) is 3.95. The zero-order valence-corrected chi connectivity index (χ0v) is 17.6. The molecule has 1 heterocycles. The van der Waals surface area contributed by atoms with Crippen LogP contribution in [-0.2, 0) is 11.2 Å². The molecule has 0 fully saturated rings. The van der Waals surface area contributed by atoms with Gasteiger partial charge in [0.15, 0.2) is 0 Å². The molecule has 1 atom stereocenters. The Morgan fingerprint density at radius 2 is 1.73 bits per heavy atom. The number of aromatic nitrogens is 2. The summed E-state index contributed by atoms with van der Waals surface area (Å²) < 4.78 is 1.84. The molecule has 0 aliphatic carbocycles. The maximum atomic E-state index is 13.0. The van der Waals surface area contributed by atoms with Crippen molar-refractivity contribution < 1.29 is 4.79 Å². The predicted octanol–water partition coefficient (Wildman–Crippen LogP) is 5.67. The van der Waals surface area contributed by atoms with Crippen LogP contribution in [0.4, 0.5) is 0 Å². The van der Waals surface area contributed by atoms with Crippen LogP contribution in [0.1, 0.15) is 24.9 Å². The zero-order chi connectivity index (χ0) is 20.9. The van der Waals surface area contributed by atoms with Gasteiger partial charge in [0.2, 0.25) is 5.91 Å². The van der Waals surface area contributed by atoms with Gasteiger partial charge in [-0.2, -0.15) is 5.10 Å². The molecule has 0 spiro atoms. The van der Waals surface area contributed by atoms with Gasteiger partial charge in [-0.1, -0.05) is 79.2 Å². The lowest BCUT2D eigenvalue weighted by atomic mass is 10.1. The SMILES string of the molecule is CC[C@H](C(=O)NCCc1ccccc1)n1nc(-c2ccccc2)c2cc(Cl)ccc21. The van der Waals surface area contributed by atoms with Crippen LogP contribution in [0.3, 0.4) is 0 Å². The second-order valence-corrected chi connectivity index (χ2v) is 7.71. The third kappa shape index (κ3) is 4.24. The first-order chi connectivity index (χ1) is 14.7. The molecular weight excluding hydrogens is 394 g/mol. The Bertz CT molecular complexity index is 1140. The third-order valence-corrected chi connectivity index (χ3v) is 5.49. The van der Waals surface area contributed by atoms with Crippen LogP contribution in [0, 0.1) is 0 Å². The van der Waals surface area contributed by atoms with Gasteiger partial charge in [0, 0.05) is 22.5 Å². The molecular formula is C25H24ClN3O. The molecule has 1 N–H and O–H groups in total. The number of halogens is 1. The van der Waals surface area contributed by atoms with Crippen molar-refractivity contribution >= 4 is 28.4 Å². The van der Waals surface area contributed by atoms with Crippen LogP contribution < -0.4 is 5.32 Å². The van der Waals surface area contributed by atoms with E-state index in [2.05, 4.69) is 17.4 Å². The van der Waals surface area contributed by atoms with E-state index in [1.54, 1.807) is 0 Å². The van der Waals surface area contributed by atoms with E-state index in [4.69, 9.17) is 16.7 Å². The fraction of sp³-hybridized carbons (Fsp3) is 0.200. The normalized spacial score (nSPS) is 12.1. The van der Waals surface area contributed by atoms with Gasteiger partial charge >= 0.3 is 0 Å². The number of nitrogens with zero attached hydrogens (tertiary/aromatic N) is 2. The lowest BCUT2D eigenvalue weighted by molar-refractivity contribution is -0.124. The van der Waals surface area contributed by atoms with E-state index >= 15 is 0 Å². The van der Waals surface area contributed by atoms with Crippen LogP contribution >= 0.6 is 11.6 Å². The van der Waals surface area contributed by atoms with Gasteiger partial charge in [-0.25, -0.2) is 0 Å². The molecule has 3 aromatic carbocycles. The Kier molecular flexibility index (Phi) is 6.15. The topological polar surface area (TPSA) is 46.9 Å². The fourth-order valence-electron chi connectivity index (χ4n) is 3.72. The lowest BCUT2D eigenvalue weighted by Gasteiger charge is -2.17. The number of nitrogens with one attached hydrogen (secondary N) is 1. The molecule has 4 rings (SSSR count). The first kappa shape index (κ1) is 20.2. The summed E-state index contributed by atoms with van der Waals surface area (Å²) in [4.78, 5) is 13.0. The molecule has 30 heavy (non-hydrogen) atoms. The molecule has 1 aromatic heterocycles. The molecule has 0 saturated heterocycles. The number of carbonyl (C=O) groups is 1. The van der Waals surface area contributed by atoms with E-state index in [0.29, 0.717) is 18.0 Å². The summed E-state index contributed by atoms with van der Waals surface area (Å²) in [5.74, 6) is -0.0209. The summed E-state index contributed by atoms with van der Waals surface area (Å²) in [5, 5.41) is 9.54. The number of benzene rings is 3. The summed E-state index contributed by atoms with van der Waals surface area (Å²) in [6, 6.07) is 25.5. The molecule has 0 saturated carbocycles. The average molecular weight is 418 g/mol. The Hall–Kier alpha value is -3.11. The van der Waals surface area contributed by atoms with Gasteiger partial charge < -0.3 is 5.32 Å². The van der Waals surface area contributed by atoms with Gasteiger partial charge in [-0.15, -0.1) is 0 Å². The number of hydrogen-bond donors (Lipinski definition) is 1. The smallest absolute Gasteiger partial charge is 0.244 e. The molecule has 4 aromatic rings. The Labute approximate surface area is 181 Å². The highest BCUT2D eigenvalue weighted by molar-refractivity contribution is 6.31.